The van der Waals surface area contributed by atoms with Crippen LogP contribution in [0, 0.1) is 6.92 Å². The Labute approximate surface area is 128 Å². The van der Waals surface area contributed by atoms with E-state index < -0.39 is 0 Å². The number of aryl methyl sites for hydroxylation is 1. The minimum absolute atomic E-state index is 0.951. The second-order valence-electron chi connectivity index (χ2n) is 5.42. The summed E-state index contributed by atoms with van der Waals surface area (Å²) in [4.78, 5) is 10.8. The maximum Gasteiger partial charge on any atom is 0.185 e. The van der Waals surface area contributed by atoms with Gasteiger partial charge in [0.05, 0.1) is 5.69 Å². The summed E-state index contributed by atoms with van der Waals surface area (Å²) in [6, 6.07) is 0. The average Bonchev–Trinajstić information content (AvgIpc) is 2.76. The first-order chi connectivity index (χ1) is 9.58. The molecule has 1 rings (SSSR count). The fourth-order valence-corrected chi connectivity index (χ4v) is 3.18. The summed E-state index contributed by atoms with van der Waals surface area (Å²) >= 11 is 1.84. The van der Waals surface area contributed by atoms with Gasteiger partial charge in [-0.05, 0) is 53.9 Å². The number of thiazole rings is 1. The summed E-state index contributed by atoms with van der Waals surface area (Å²) in [5.74, 6) is 0. The van der Waals surface area contributed by atoms with Crippen LogP contribution in [-0.2, 0) is 6.54 Å². The van der Waals surface area contributed by atoms with Crippen LogP contribution in [0.4, 0.5) is 5.13 Å². The molecule has 0 atom stereocenters. The molecule has 0 saturated heterocycles. The summed E-state index contributed by atoms with van der Waals surface area (Å²) in [5, 5.41) is 4.64. The minimum atomic E-state index is 0.951. The molecule has 116 valence electrons. The molecule has 1 aromatic heterocycles. The zero-order chi connectivity index (χ0) is 15.0. The molecule has 0 fully saturated rings. The van der Waals surface area contributed by atoms with Crippen LogP contribution < -0.4 is 10.2 Å². The zero-order valence-corrected chi connectivity index (χ0v) is 14.5. The van der Waals surface area contributed by atoms with Gasteiger partial charge in [0.2, 0.25) is 0 Å². The maximum absolute atomic E-state index is 4.75. The monoisotopic (exact) mass is 298 g/mol. The zero-order valence-electron chi connectivity index (χ0n) is 13.7. The first kappa shape index (κ1) is 17.4. The molecule has 0 spiro atoms. The highest BCUT2D eigenvalue weighted by atomic mass is 32.1. The molecule has 1 heterocycles. The lowest BCUT2D eigenvalue weighted by Crippen LogP contribution is -2.26. The lowest BCUT2D eigenvalue weighted by atomic mass is 10.3. The molecule has 1 N–H and O–H groups in total. The molecule has 0 bridgehead atoms. The maximum atomic E-state index is 4.75. The number of rotatable bonds is 10. The number of aromatic nitrogens is 1. The van der Waals surface area contributed by atoms with Crippen molar-refractivity contribution >= 4 is 16.5 Å². The number of nitrogens with zero attached hydrogens (tertiary/aromatic N) is 3. The molecular weight excluding hydrogens is 268 g/mol. The van der Waals surface area contributed by atoms with Gasteiger partial charge in [-0.3, -0.25) is 0 Å². The fraction of sp³-hybridized carbons (Fsp3) is 0.800. The summed E-state index contributed by atoms with van der Waals surface area (Å²) < 4.78 is 0. The second kappa shape index (κ2) is 9.32. The Morgan fingerprint density at radius 1 is 1.20 bits per heavy atom. The second-order valence-corrected chi connectivity index (χ2v) is 6.48. The fourth-order valence-electron chi connectivity index (χ4n) is 2.06. The van der Waals surface area contributed by atoms with Gasteiger partial charge in [-0.25, -0.2) is 4.98 Å². The Bertz CT molecular complexity index is 376. The number of nitrogens with one attached hydrogen (secondary N) is 1. The van der Waals surface area contributed by atoms with E-state index in [0.29, 0.717) is 0 Å². The van der Waals surface area contributed by atoms with Gasteiger partial charge in [-0.2, -0.15) is 0 Å². The van der Waals surface area contributed by atoms with Gasteiger partial charge in [0.25, 0.3) is 0 Å². The van der Waals surface area contributed by atoms with Crippen molar-refractivity contribution in [2.24, 2.45) is 0 Å². The van der Waals surface area contributed by atoms with Gasteiger partial charge in [-0.15, -0.1) is 11.3 Å². The molecule has 0 aliphatic rings. The predicted molar refractivity (Wildman–Crippen MR) is 89.9 cm³/mol. The molecule has 0 aromatic carbocycles. The lowest BCUT2D eigenvalue weighted by molar-refractivity contribution is 0.400. The third kappa shape index (κ3) is 5.77. The van der Waals surface area contributed by atoms with Crippen molar-refractivity contribution in [2.75, 3.05) is 45.2 Å². The highest BCUT2D eigenvalue weighted by Gasteiger charge is 2.12. The first-order valence-electron chi connectivity index (χ1n) is 7.65. The van der Waals surface area contributed by atoms with E-state index in [1.165, 1.54) is 28.5 Å². The smallest absolute Gasteiger partial charge is 0.185 e. The largest absolute Gasteiger partial charge is 0.348 e. The lowest BCUT2D eigenvalue weighted by Gasteiger charge is -2.20. The van der Waals surface area contributed by atoms with E-state index >= 15 is 0 Å². The highest BCUT2D eigenvalue weighted by molar-refractivity contribution is 7.15. The van der Waals surface area contributed by atoms with Gasteiger partial charge < -0.3 is 15.1 Å². The summed E-state index contributed by atoms with van der Waals surface area (Å²) in [5.41, 5.74) is 1.18. The molecule has 5 heteroatoms. The van der Waals surface area contributed by atoms with Gasteiger partial charge in [0, 0.05) is 24.5 Å². The molecule has 0 radical (unpaired) electrons. The molecule has 20 heavy (non-hydrogen) atoms. The molecule has 4 nitrogen and oxygen atoms in total. The van der Waals surface area contributed by atoms with Crippen LogP contribution in [0.3, 0.4) is 0 Å². The van der Waals surface area contributed by atoms with Crippen LogP contribution in [0.25, 0.3) is 0 Å². The van der Waals surface area contributed by atoms with E-state index in [2.05, 4.69) is 50.0 Å². The van der Waals surface area contributed by atoms with E-state index in [1.807, 2.05) is 11.3 Å². The number of hydrogen-bond acceptors (Lipinski definition) is 5. The minimum Gasteiger partial charge on any atom is -0.348 e. The number of anilines is 1. The third-order valence-corrected chi connectivity index (χ3v) is 4.50. The molecule has 0 aliphatic heterocycles. The molecule has 0 saturated carbocycles. The Hall–Kier alpha value is -0.650. The van der Waals surface area contributed by atoms with Crippen molar-refractivity contribution < 1.29 is 0 Å². The summed E-state index contributed by atoms with van der Waals surface area (Å²) in [6.45, 7) is 11.8. The van der Waals surface area contributed by atoms with Crippen molar-refractivity contribution in [2.45, 2.75) is 40.2 Å². The van der Waals surface area contributed by atoms with E-state index in [9.17, 15) is 0 Å². The van der Waals surface area contributed by atoms with Crippen molar-refractivity contribution in [3.05, 3.63) is 10.6 Å². The van der Waals surface area contributed by atoms with E-state index in [1.54, 1.807) is 0 Å². The Morgan fingerprint density at radius 3 is 2.55 bits per heavy atom. The highest BCUT2D eigenvalue weighted by Crippen LogP contribution is 2.26. The Balaban J connectivity index is 2.56. The SMILES string of the molecule is CCCNCc1sc(N(CC)CCCN(C)C)nc1C. The molecule has 1 aromatic rings. The van der Waals surface area contributed by atoms with E-state index in [0.717, 1.165) is 32.7 Å². The normalized spacial score (nSPS) is 11.3. The Kier molecular flexibility index (Phi) is 8.11. The van der Waals surface area contributed by atoms with Crippen molar-refractivity contribution in [1.29, 1.82) is 0 Å². The molecule has 0 amide bonds. The quantitative estimate of drug-likeness (QED) is 0.673. The van der Waals surface area contributed by atoms with Crippen LogP contribution in [0.1, 0.15) is 37.3 Å². The Morgan fingerprint density at radius 2 is 1.95 bits per heavy atom. The molecule has 0 aliphatic carbocycles. The third-order valence-electron chi connectivity index (χ3n) is 3.28. The van der Waals surface area contributed by atoms with Crippen molar-refractivity contribution in [3.63, 3.8) is 0 Å². The summed E-state index contributed by atoms with van der Waals surface area (Å²) in [6.07, 6.45) is 2.36. The van der Waals surface area contributed by atoms with Crippen LogP contribution in [0.15, 0.2) is 0 Å². The topological polar surface area (TPSA) is 31.4 Å². The van der Waals surface area contributed by atoms with Crippen LogP contribution >= 0.6 is 11.3 Å². The summed E-state index contributed by atoms with van der Waals surface area (Å²) in [7, 11) is 4.25. The standard InChI is InChI=1S/C15H30N4S/c1-6-9-16-12-14-13(3)17-15(20-14)19(7-2)11-8-10-18(4)5/h16H,6-12H2,1-5H3. The van der Waals surface area contributed by atoms with Crippen LogP contribution in [-0.4, -0.2) is 50.2 Å². The van der Waals surface area contributed by atoms with Crippen LogP contribution in [0.5, 0.6) is 0 Å². The number of hydrogen-bond donors (Lipinski definition) is 1. The van der Waals surface area contributed by atoms with Crippen molar-refractivity contribution in [1.82, 2.24) is 15.2 Å². The van der Waals surface area contributed by atoms with E-state index in [-0.39, 0.29) is 0 Å². The first-order valence-corrected chi connectivity index (χ1v) is 8.46. The van der Waals surface area contributed by atoms with Crippen molar-refractivity contribution in [3.8, 4) is 0 Å². The van der Waals surface area contributed by atoms with Crippen LogP contribution in [0.2, 0.25) is 0 Å². The van der Waals surface area contributed by atoms with Gasteiger partial charge >= 0.3 is 0 Å². The van der Waals surface area contributed by atoms with Gasteiger partial charge in [0.15, 0.2) is 5.13 Å². The van der Waals surface area contributed by atoms with Gasteiger partial charge in [0.1, 0.15) is 0 Å². The van der Waals surface area contributed by atoms with E-state index in [4.69, 9.17) is 4.98 Å². The molecule has 0 unspecified atom stereocenters. The predicted octanol–water partition coefficient (Wildman–Crippen LogP) is 2.73. The molecular formula is C15H30N4S. The van der Waals surface area contributed by atoms with Gasteiger partial charge in [-0.1, -0.05) is 6.92 Å². The average molecular weight is 298 g/mol.